The van der Waals surface area contributed by atoms with Gasteiger partial charge < -0.3 is 9.52 Å². The van der Waals surface area contributed by atoms with E-state index in [1.165, 1.54) is 12.1 Å². The van der Waals surface area contributed by atoms with Gasteiger partial charge in [0.1, 0.15) is 5.58 Å². The number of rotatable bonds is 3. The van der Waals surface area contributed by atoms with Gasteiger partial charge in [0.05, 0.1) is 21.2 Å². The van der Waals surface area contributed by atoms with Crippen molar-refractivity contribution in [3.05, 3.63) is 46.1 Å². The number of carbonyl (C=O) groups is 1. The van der Waals surface area contributed by atoms with Gasteiger partial charge in [0.25, 0.3) is 0 Å². The van der Waals surface area contributed by atoms with Crippen molar-refractivity contribution in [2.75, 3.05) is 0 Å². The number of carboxylic acids is 1. The molecule has 6 heteroatoms. The summed E-state index contributed by atoms with van der Waals surface area (Å²) in [6, 6.07) is 8.34. The minimum atomic E-state index is -1.07. The van der Waals surface area contributed by atoms with Crippen LogP contribution < -0.4 is 5.43 Å². The van der Waals surface area contributed by atoms with Crippen molar-refractivity contribution >= 4 is 51.4 Å². The standard InChI is InChI=1S/C22H24O4S2/c1-21(2,3)27-13-10-15-18(23)14-9-12(20(24)25)7-8-16(14)26-19(15)17(11-13)28-22(4,5)6/h7-11H,1-6H3,(H,24,25). The van der Waals surface area contributed by atoms with Gasteiger partial charge in [-0.2, -0.15) is 0 Å². The Hall–Kier alpha value is -1.92. The second kappa shape index (κ2) is 7.16. The summed E-state index contributed by atoms with van der Waals surface area (Å²) in [6.45, 7) is 12.7. The van der Waals surface area contributed by atoms with Gasteiger partial charge >= 0.3 is 5.97 Å². The summed E-state index contributed by atoms with van der Waals surface area (Å²) < 4.78 is 6.03. The minimum absolute atomic E-state index is 0.00907. The normalized spacial score (nSPS) is 12.6. The maximum Gasteiger partial charge on any atom is 0.335 e. The first-order valence-electron chi connectivity index (χ1n) is 9.00. The molecular formula is C22H24O4S2. The lowest BCUT2D eigenvalue weighted by Gasteiger charge is -2.21. The van der Waals surface area contributed by atoms with Crippen molar-refractivity contribution in [2.24, 2.45) is 0 Å². The van der Waals surface area contributed by atoms with Crippen molar-refractivity contribution < 1.29 is 14.3 Å². The van der Waals surface area contributed by atoms with E-state index in [1.807, 2.05) is 6.07 Å². The Morgan fingerprint density at radius 1 is 0.929 bits per heavy atom. The van der Waals surface area contributed by atoms with E-state index in [1.54, 1.807) is 29.6 Å². The molecule has 0 atom stereocenters. The smallest absolute Gasteiger partial charge is 0.335 e. The van der Waals surface area contributed by atoms with Crippen LogP contribution in [0.3, 0.4) is 0 Å². The molecule has 3 aromatic rings. The zero-order valence-corrected chi connectivity index (χ0v) is 18.5. The topological polar surface area (TPSA) is 67.5 Å². The zero-order valence-electron chi connectivity index (χ0n) is 16.9. The largest absolute Gasteiger partial charge is 0.478 e. The highest BCUT2D eigenvalue weighted by Crippen LogP contribution is 2.41. The number of benzene rings is 2. The molecule has 1 aromatic heterocycles. The van der Waals surface area contributed by atoms with E-state index < -0.39 is 5.97 Å². The van der Waals surface area contributed by atoms with E-state index in [2.05, 4.69) is 47.6 Å². The van der Waals surface area contributed by atoms with Crippen LogP contribution >= 0.6 is 23.5 Å². The molecule has 0 saturated carbocycles. The Morgan fingerprint density at radius 3 is 2.14 bits per heavy atom. The van der Waals surface area contributed by atoms with Crippen LogP contribution in [0.1, 0.15) is 51.9 Å². The molecule has 0 bridgehead atoms. The predicted octanol–water partition coefficient (Wildman–Crippen LogP) is 6.43. The Kier molecular flexibility index (Phi) is 5.32. The van der Waals surface area contributed by atoms with Gasteiger partial charge in [0, 0.05) is 14.4 Å². The van der Waals surface area contributed by atoms with Crippen molar-refractivity contribution in [1.29, 1.82) is 0 Å². The lowest BCUT2D eigenvalue weighted by atomic mass is 10.1. The fourth-order valence-corrected chi connectivity index (χ4v) is 5.08. The Morgan fingerprint density at radius 2 is 1.57 bits per heavy atom. The Labute approximate surface area is 172 Å². The van der Waals surface area contributed by atoms with E-state index in [4.69, 9.17) is 4.42 Å². The van der Waals surface area contributed by atoms with E-state index >= 15 is 0 Å². The summed E-state index contributed by atoms with van der Waals surface area (Å²) in [5.41, 5.74) is 0.823. The molecule has 0 unspecified atom stereocenters. The fourth-order valence-electron chi connectivity index (χ4n) is 2.85. The molecule has 0 radical (unpaired) electrons. The molecule has 3 rings (SSSR count). The van der Waals surface area contributed by atoms with Crippen molar-refractivity contribution in [3.8, 4) is 0 Å². The molecule has 4 nitrogen and oxygen atoms in total. The number of fused-ring (bicyclic) bond motifs is 2. The lowest BCUT2D eigenvalue weighted by molar-refractivity contribution is 0.0697. The van der Waals surface area contributed by atoms with E-state index in [0.29, 0.717) is 16.6 Å². The minimum Gasteiger partial charge on any atom is -0.478 e. The molecule has 0 saturated heterocycles. The molecule has 2 aromatic carbocycles. The van der Waals surface area contributed by atoms with Gasteiger partial charge in [-0.1, -0.05) is 41.5 Å². The molecule has 0 aliphatic rings. The summed E-state index contributed by atoms with van der Waals surface area (Å²) in [5, 5.41) is 10.0. The molecule has 1 N–H and O–H groups in total. The summed E-state index contributed by atoms with van der Waals surface area (Å²) in [4.78, 5) is 26.4. The van der Waals surface area contributed by atoms with Crippen LogP contribution in [0.25, 0.3) is 21.9 Å². The van der Waals surface area contributed by atoms with Gasteiger partial charge in [-0.3, -0.25) is 4.79 Å². The zero-order chi connectivity index (χ0) is 20.9. The maximum absolute atomic E-state index is 13.2. The summed E-state index contributed by atoms with van der Waals surface area (Å²) in [5.74, 6) is -1.07. The number of carboxylic acid groups (broad SMARTS) is 1. The van der Waals surface area contributed by atoms with Gasteiger partial charge in [-0.05, 0) is 30.3 Å². The van der Waals surface area contributed by atoms with Crippen molar-refractivity contribution in [2.45, 2.75) is 60.8 Å². The molecule has 0 fully saturated rings. The van der Waals surface area contributed by atoms with Crippen LogP contribution in [0, 0.1) is 0 Å². The molecule has 1 heterocycles. The first-order chi connectivity index (χ1) is 12.8. The molecular weight excluding hydrogens is 392 g/mol. The van der Waals surface area contributed by atoms with Crippen LogP contribution in [-0.2, 0) is 0 Å². The number of thioether (sulfide) groups is 2. The molecule has 0 amide bonds. The molecule has 28 heavy (non-hydrogen) atoms. The van der Waals surface area contributed by atoms with Crippen molar-refractivity contribution in [3.63, 3.8) is 0 Å². The Bertz CT molecular complexity index is 1130. The molecule has 0 aliphatic carbocycles. The third-order valence-corrected chi connectivity index (χ3v) is 6.02. The van der Waals surface area contributed by atoms with Crippen LogP contribution in [0.5, 0.6) is 0 Å². The fraction of sp³-hybridized carbons (Fsp3) is 0.364. The number of hydrogen-bond acceptors (Lipinski definition) is 5. The molecule has 0 aliphatic heterocycles. The molecule has 0 spiro atoms. The average molecular weight is 417 g/mol. The Balaban J connectivity index is 2.36. The third-order valence-electron chi connectivity index (χ3n) is 3.80. The monoisotopic (exact) mass is 416 g/mol. The summed E-state index contributed by atoms with van der Waals surface area (Å²) >= 11 is 3.35. The number of aromatic carboxylic acids is 1. The summed E-state index contributed by atoms with van der Waals surface area (Å²) in [6.07, 6.45) is 0. The van der Waals surface area contributed by atoms with Gasteiger partial charge in [0.15, 0.2) is 5.58 Å². The second-order valence-corrected chi connectivity index (χ2v) is 12.4. The SMILES string of the molecule is CC(C)(C)Sc1cc(SC(C)(C)C)c2oc3ccc(C(=O)O)cc3c(=O)c2c1. The third kappa shape index (κ3) is 4.55. The number of hydrogen-bond donors (Lipinski definition) is 1. The predicted molar refractivity (Wildman–Crippen MR) is 118 cm³/mol. The average Bonchev–Trinajstić information content (AvgIpc) is 2.53. The van der Waals surface area contributed by atoms with Gasteiger partial charge in [0.2, 0.25) is 5.43 Å². The van der Waals surface area contributed by atoms with E-state index in [0.717, 1.165) is 9.79 Å². The van der Waals surface area contributed by atoms with Crippen LogP contribution in [0.15, 0.2) is 49.3 Å². The molecule has 148 valence electrons. The second-order valence-electron chi connectivity index (χ2n) is 8.67. The van der Waals surface area contributed by atoms with Gasteiger partial charge in [-0.25, -0.2) is 4.79 Å². The highest BCUT2D eigenvalue weighted by molar-refractivity contribution is 8.01. The highest BCUT2D eigenvalue weighted by atomic mass is 32.2. The van der Waals surface area contributed by atoms with E-state index in [9.17, 15) is 14.7 Å². The summed E-state index contributed by atoms with van der Waals surface area (Å²) in [7, 11) is 0. The highest BCUT2D eigenvalue weighted by Gasteiger charge is 2.21. The first-order valence-corrected chi connectivity index (χ1v) is 10.6. The van der Waals surface area contributed by atoms with E-state index in [-0.39, 0.29) is 25.9 Å². The maximum atomic E-state index is 13.2. The lowest BCUT2D eigenvalue weighted by Crippen LogP contribution is -2.10. The van der Waals surface area contributed by atoms with Crippen LogP contribution in [0.4, 0.5) is 0 Å². The van der Waals surface area contributed by atoms with Gasteiger partial charge in [-0.15, -0.1) is 23.5 Å². The van der Waals surface area contributed by atoms with Crippen LogP contribution in [0.2, 0.25) is 0 Å². The quantitative estimate of drug-likeness (QED) is 0.392. The van der Waals surface area contributed by atoms with Crippen LogP contribution in [-0.4, -0.2) is 20.6 Å². The van der Waals surface area contributed by atoms with Crippen molar-refractivity contribution in [1.82, 2.24) is 0 Å². The first kappa shape index (κ1) is 20.8.